The average molecular weight is 273 g/mol. The normalized spacial score (nSPS) is 26.7. The lowest BCUT2D eigenvalue weighted by atomic mass is 9.69. The Labute approximate surface area is 125 Å². The fourth-order valence-corrected chi connectivity index (χ4v) is 3.89. The minimum Gasteiger partial charge on any atom is -0.317 e. The van der Waals surface area contributed by atoms with Gasteiger partial charge in [-0.25, -0.2) is 0 Å². The highest BCUT2D eigenvalue weighted by Crippen LogP contribution is 2.42. The van der Waals surface area contributed by atoms with Crippen molar-refractivity contribution in [3.05, 3.63) is 34.9 Å². The van der Waals surface area contributed by atoms with E-state index in [1.807, 2.05) is 0 Å². The summed E-state index contributed by atoms with van der Waals surface area (Å²) in [5.41, 5.74) is 4.49. The standard InChI is InChI=1S/C19H31N/c1-5-16-8-9-17(13-20-6-2)19(12-16)18-10-7-14(3)11-15(18)4/h7,10-11,16-17,19-20H,5-6,8-9,12-13H2,1-4H3. The summed E-state index contributed by atoms with van der Waals surface area (Å²) in [5.74, 6) is 2.51. The van der Waals surface area contributed by atoms with Crippen molar-refractivity contribution >= 4 is 0 Å². The van der Waals surface area contributed by atoms with E-state index < -0.39 is 0 Å². The van der Waals surface area contributed by atoms with E-state index >= 15 is 0 Å². The molecule has 1 heteroatoms. The Morgan fingerprint density at radius 3 is 2.60 bits per heavy atom. The summed E-state index contributed by atoms with van der Waals surface area (Å²) in [6.07, 6.45) is 5.54. The van der Waals surface area contributed by atoms with Crippen molar-refractivity contribution in [2.24, 2.45) is 11.8 Å². The van der Waals surface area contributed by atoms with Crippen LogP contribution in [0.4, 0.5) is 0 Å². The van der Waals surface area contributed by atoms with Gasteiger partial charge in [0.05, 0.1) is 0 Å². The monoisotopic (exact) mass is 273 g/mol. The zero-order chi connectivity index (χ0) is 14.5. The summed E-state index contributed by atoms with van der Waals surface area (Å²) in [7, 11) is 0. The number of hydrogen-bond donors (Lipinski definition) is 1. The summed E-state index contributed by atoms with van der Waals surface area (Å²) in [4.78, 5) is 0. The van der Waals surface area contributed by atoms with Gasteiger partial charge in [-0.3, -0.25) is 0 Å². The second-order valence-corrected chi connectivity index (χ2v) is 6.62. The van der Waals surface area contributed by atoms with Gasteiger partial charge in [0.25, 0.3) is 0 Å². The van der Waals surface area contributed by atoms with Crippen molar-refractivity contribution in [2.45, 2.75) is 59.3 Å². The number of nitrogens with one attached hydrogen (secondary N) is 1. The fraction of sp³-hybridized carbons (Fsp3) is 0.684. The van der Waals surface area contributed by atoms with Gasteiger partial charge < -0.3 is 5.32 Å². The van der Waals surface area contributed by atoms with E-state index in [4.69, 9.17) is 0 Å². The Hall–Kier alpha value is -0.820. The Bertz CT molecular complexity index is 424. The molecule has 1 aromatic carbocycles. The summed E-state index contributed by atoms with van der Waals surface area (Å²) in [6.45, 7) is 11.3. The largest absolute Gasteiger partial charge is 0.317 e. The van der Waals surface area contributed by atoms with Crippen LogP contribution in [0.1, 0.15) is 62.1 Å². The van der Waals surface area contributed by atoms with E-state index in [9.17, 15) is 0 Å². The lowest BCUT2D eigenvalue weighted by molar-refractivity contribution is 0.226. The van der Waals surface area contributed by atoms with E-state index in [2.05, 4.69) is 51.2 Å². The predicted octanol–water partition coefficient (Wildman–Crippen LogP) is 4.82. The Morgan fingerprint density at radius 2 is 1.95 bits per heavy atom. The number of aryl methyl sites for hydroxylation is 2. The SMILES string of the molecule is CCNCC1CCC(CC)CC1c1ccc(C)cc1C. The summed E-state index contributed by atoms with van der Waals surface area (Å²) in [5, 5.41) is 3.58. The first-order chi connectivity index (χ1) is 9.65. The van der Waals surface area contributed by atoms with Gasteiger partial charge in [-0.1, -0.05) is 50.5 Å². The molecular weight excluding hydrogens is 242 g/mol. The molecule has 1 fully saturated rings. The molecule has 1 aliphatic carbocycles. The lowest BCUT2D eigenvalue weighted by Gasteiger charge is -2.37. The van der Waals surface area contributed by atoms with Gasteiger partial charge >= 0.3 is 0 Å². The van der Waals surface area contributed by atoms with E-state index in [1.54, 1.807) is 5.56 Å². The van der Waals surface area contributed by atoms with Gasteiger partial charge in [-0.05, 0) is 68.7 Å². The number of hydrogen-bond acceptors (Lipinski definition) is 1. The molecule has 112 valence electrons. The highest BCUT2D eigenvalue weighted by molar-refractivity contribution is 5.34. The Kier molecular flexibility index (Phi) is 5.65. The van der Waals surface area contributed by atoms with Gasteiger partial charge in [0.1, 0.15) is 0 Å². The first kappa shape index (κ1) is 15.6. The number of benzene rings is 1. The van der Waals surface area contributed by atoms with Gasteiger partial charge in [-0.15, -0.1) is 0 Å². The first-order valence-electron chi connectivity index (χ1n) is 8.43. The third-order valence-corrected chi connectivity index (χ3v) is 5.16. The van der Waals surface area contributed by atoms with E-state index in [0.29, 0.717) is 0 Å². The quantitative estimate of drug-likeness (QED) is 0.811. The predicted molar refractivity (Wildman–Crippen MR) is 88.3 cm³/mol. The zero-order valence-electron chi connectivity index (χ0n) is 13.7. The van der Waals surface area contributed by atoms with Crippen LogP contribution >= 0.6 is 0 Å². The maximum atomic E-state index is 3.58. The summed E-state index contributed by atoms with van der Waals surface area (Å²) >= 11 is 0. The summed E-state index contributed by atoms with van der Waals surface area (Å²) < 4.78 is 0. The van der Waals surface area contributed by atoms with Crippen molar-refractivity contribution < 1.29 is 0 Å². The molecule has 0 aliphatic heterocycles. The Morgan fingerprint density at radius 1 is 1.15 bits per heavy atom. The van der Waals surface area contributed by atoms with Crippen molar-refractivity contribution in [1.82, 2.24) is 5.32 Å². The second kappa shape index (κ2) is 7.26. The molecule has 0 spiro atoms. The van der Waals surface area contributed by atoms with Gasteiger partial charge in [0.15, 0.2) is 0 Å². The van der Waals surface area contributed by atoms with Crippen molar-refractivity contribution in [3.63, 3.8) is 0 Å². The molecule has 1 aromatic rings. The van der Waals surface area contributed by atoms with Gasteiger partial charge in [-0.2, -0.15) is 0 Å². The molecule has 1 saturated carbocycles. The lowest BCUT2D eigenvalue weighted by Crippen LogP contribution is -2.32. The first-order valence-corrected chi connectivity index (χ1v) is 8.43. The molecule has 20 heavy (non-hydrogen) atoms. The maximum Gasteiger partial charge on any atom is -0.00148 e. The Balaban J connectivity index is 2.21. The average Bonchev–Trinajstić information content (AvgIpc) is 2.45. The van der Waals surface area contributed by atoms with E-state index in [-0.39, 0.29) is 0 Å². The second-order valence-electron chi connectivity index (χ2n) is 6.62. The molecule has 0 amide bonds. The van der Waals surface area contributed by atoms with Gasteiger partial charge in [0, 0.05) is 0 Å². The molecule has 2 rings (SSSR count). The molecule has 0 heterocycles. The molecule has 0 bridgehead atoms. The third kappa shape index (κ3) is 3.63. The smallest absolute Gasteiger partial charge is 0.00148 e. The molecule has 1 nitrogen and oxygen atoms in total. The van der Waals surface area contributed by atoms with Gasteiger partial charge in [0.2, 0.25) is 0 Å². The molecule has 1 aliphatic rings. The highest BCUT2D eigenvalue weighted by atomic mass is 14.8. The van der Waals surface area contributed by atoms with Crippen molar-refractivity contribution in [2.75, 3.05) is 13.1 Å². The van der Waals surface area contributed by atoms with Crippen LogP contribution in [0.2, 0.25) is 0 Å². The molecular formula is C19H31N. The van der Waals surface area contributed by atoms with Crippen LogP contribution in [0.5, 0.6) is 0 Å². The molecule has 0 saturated heterocycles. The van der Waals surface area contributed by atoms with Crippen LogP contribution in [0, 0.1) is 25.7 Å². The van der Waals surface area contributed by atoms with Crippen molar-refractivity contribution in [3.8, 4) is 0 Å². The number of rotatable bonds is 5. The molecule has 1 N–H and O–H groups in total. The van der Waals surface area contributed by atoms with E-state index in [0.717, 1.165) is 24.3 Å². The third-order valence-electron chi connectivity index (χ3n) is 5.16. The topological polar surface area (TPSA) is 12.0 Å². The van der Waals surface area contributed by atoms with Crippen LogP contribution in [-0.2, 0) is 0 Å². The van der Waals surface area contributed by atoms with Crippen LogP contribution in [0.15, 0.2) is 18.2 Å². The minimum absolute atomic E-state index is 0.758. The summed E-state index contributed by atoms with van der Waals surface area (Å²) in [6, 6.07) is 7.05. The van der Waals surface area contributed by atoms with Crippen LogP contribution in [0.3, 0.4) is 0 Å². The molecule has 0 radical (unpaired) electrons. The van der Waals surface area contributed by atoms with Crippen LogP contribution < -0.4 is 5.32 Å². The van der Waals surface area contributed by atoms with Crippen LogP contribution in [0.25, 0.3) is 0 Å². The zero-order valence-corrected chi connectivity index (χ0v) is 13.7. The van der Waals surface area contributed by atoms with E-state index in [1.165, 1.54) is 43.4 Å². The maximum absolute atomic E-state index is 3.58. The van der Waals surface area contributed by atoms with Crippen LogP contribution in [-0.4, -0.2) is 13.1 Å². The minimum atomic E-state index is 0.758. The van der Waals surface area contributed by atoms with Crippen molar-refractivity contribution in [1.29, 1.82) is 0 Å². The molecule has 3 atom stereocenters. The fourth-order valence-electron chi connectivity index (χ4n) is 3.89. The molecule has 0 aromatic heterocycles. The highest BCUT2D eigenvalue weighted by Gasteiger charge is 2.31. The molecule has 3 unspecified atom stereocenters.